The van der Waals surface area contributed by atoms with Crippen molar-refractivity contribution in [3.63, 3.8) is 0 Å². The molecule has 31 heavy (non-hydrogen) atoms. The van der Waals surface area contributed by atoms with Crippen LogP contribution in [0.3, 0.4) is 0 Å². The molecule has 0 spiro atoms. The second-order valence-electron chi connectivity index (χ2n) is 7.52. The lowest BCUT2D eigenvalue weighted by molar-refractivity contribution is 0.384. The van der Waals surface area contributed by atoms with Crippen LogP contribution in [0.5, 0.6) is 0 Å². The number of sulfonamides is 1. The van der Waals surface area contributed by atoms with Crippen molar-refractivity contribution in [2.45, 2.75) is 11.8 Å². The van der Waals surface area contributed by atoms with Crippen molar-refractivity contribution in [2.24, 2.45) is 0 Å². The zero-order valence-corrected chi connectivity index (χ0v) is 17.9. The first-order valence-corrected chi connectivity index (χ1v) is 11.6. The summed E-state index contributed by atoms with van der Waals surface area (Å²) in [4.78, 5) is 2.41. The Morgan fingerprint density at radius 1 is 0.806 bits per heavy atom. The standard InChI is InChI=1S/C22H22N6O2S/c1-17-11-12-28(25-17)22-10-9-21(23-24-22)26-13-15-27(16-14-26)31(29,30)20-8-4-6-18-5-2-3-7-19(18)20/h2-12H,13-16H2,1H3. The van der Waals surface area contributed by atoms with E-state index >= 15 is 0 Å². The van der Waals surface area contributed by atoms with Crippen LogP contribution >= 0.6 is 0 Å². The molecule has 0 unspecified atom stereocenters. The second-order valence-corrected chi connectivity index (χ2v) is 9.43. The van der Waals surface area contributed by atoms with Gasteiger partial charge in [0.05, 0.1) is 10.6 Å². The van der Waals surface area contributed by atoms with Gasteiger partial charge in [0.1, 0.15) is 0 Å². The molecule has 8 nitrogen and oxygen atoms in total. The molecule has 0 saturated carbocycles. The molecule has 0 amide bonds. The molecule has 0 N–H and O–H groups in total. The van der Waals surface area contributed by atoms with Gasteiger partial charge >= 0.3 is 0 Å². The Balaban J connectivity index is 1.32. The van der Waals surface area contributed by atoms with E-state index in [9.17, 15) is 8.42 Å². The smallest absolute Gasteiger partial charge is 0.243 e. The molecule has 0 bridgehead atoms. The number of fused-ring (bicyclic) bond motifs is 1. The monoisotopic (exact) mass is 434 g/mol. The van der Waals surface area contributed by atoms with Crippen LogP contribution in [0.15, 0.2) is 71.8 Å². The normalized spacial score (nSPS) is 15.5. The first-order chi connectivity index (χ1) is 15.0. The van der Waals surface area contributed by atoms with Crippen LogP contribution in [0, 0.1) is 6.92 Å². The van der Waals surface area contributed by atoms with Gasteiger partial charge in [0.2, 0.25) is 10.0 Å². The molecule has 3 heterocycles. The molecule has 1 saturated heterocycles. The summed E-state index contributed by atoms with van der Waals surface area (Å²) in [7, 11) is -3.58. The SMILES string of the molecule is Cc1ccn(-c2ccc(N3CCN(S(=O)(=O)c4cccc5ccccc45)CC3)nn2)n1. The van der Waals surface area contributed by atoms with Crippen LogP contribution in [0.2, 0.25) is 0 Å². The molecule has 9 heteroatoms. The van der Waals surface area contributed by atoms with Crippen molar-refractivity contribution in [1.82, 2.24) is 24.3 Å². The van der Waals surface area contributed by atoms with Gasteiger partial charge in [0.15, 0.2) is 11.6 Å². The molecule has 1 aliphatic rings. The highest BCUT2D eigenvalue weighted by molar-refractivity contribution is 7.89. The van der Waals surface area contributed by atoms with Gasteiger partial charge in [-0.1, -0.05) is 36.4 Å². The Morgan fingerprint density at radius 2 is 1.52 bits per heavy atom. The average molecular weight is 435 g/mol. The van der Waals surface area contributed by atoms with E-state index in [1.807, 2.05) is 61.7 Å². The van der Waals surface area contributed by atoms with Crippen LogP contribution in [-0.2, 0) is 10.0 Å². The zero-order valence-electron chi connectivity index (χ0n) is 17.1. The minimum absolute atomic E-state index is 0.359. The van der Waals surface area contributed by atoms with E-state index in [1.165, 1.54) is 0 Å². The predicted octanol–water partition coefficient (Wildman–Crippen LogP) is 2.63. The van der Waals surface area contributed by atoms with E-state index in [4.69, 9.17) is 0 Å². The highest BCUT2D eigenvalue weighted by Crippen LogP contribution is 2.27. The fourth-order valence-corrected chi connectivity index (χ4v) is 5.51. The van der Waals surface area contributed by atoms with E-state index in [0.29, 0.717) is 36.9 Å². The summed E-state index contributed by atoms with van der Waals surface area (Å²) >= 11 is 0. The van der Waals surface area contributed by atoms with Crippen LogP contribution < -0.4 is 4.90 Å². The Hall–Kier alpha value is -3.30. The summed E-state index contributed by atoms with van der Waals surface area (Å²) in [6.45, 7) is 3.82. The molecule has 1 fully saturated rings. The summed E-state index contributed by atoms with van der Waals surface area (Å²) < 4.78 is 29.9. The number of nitrogens with zero attached hydrogens (tertiary/aromatic N) is 6. The number of anilines is 1. The average Bonchev–Trinajstić information content (AvgIpc) is 3.25. The third-order valence-electron chi connectivity index (χ3n) is 5.52. The molecule has 0 aliphatic carbocycles. The van der Waals surface area contributed by atoms with Gasteiger partial charge in [-0.2, -0.15) is 9.40 Å². The molecule has 2 aromatic carbocycles. The first-order valence-electron chi connectivity index (χ1n) is 10.1. The van der Waals surface area contributed by atoms with Gasteiger partial charge in [-0.15, -0.1) is 10.2 Å². The Kier molecular flexibility index (Phi) is 4.91. The number of hydrogen-bond donors (Lipinski definition) is 0. The minimum Gasteiger partial charge on any atom is -0.352 e. The topological polar surface area (TPSA) is 84.2 Å². The van der Waals surface area contributed by atoms with Crippen molar-refractivity contribution in [2.75, 3.05) is 31.1 Å². The number of benzene rings is 2. The van der Waals surface area contributed by atoms with Gasteiger partial charge in [0, 0.05) is 37.8 Å². The molecular weight excluding hydrogens is 412 g/mol. The summed E-state index contributed by atoms with van der Waals surface area (Å²) in [5, 5.41) is 14.6. The van der Waals surface area contributed by atoms with Crippen molar-refractivity contribution < 1.29 is 8.42 Å². The molecular formula is C22H22N6O2S. The van der Waals surface area contributed by atoms with Crippen LogP contribution in [0.1, 0.15) is 5.69 Å². The van der Waals surface area contributed by atoms with Crippen molar-refractivity contribution in [3.8, 4) is 5.82 Å². The third kappa shape index (κ3) is 3.66. The molecule has 0 atom stereocenters. The van der Waals surface area contributed by atoms with Crippen LogP contribution in [-0.4, -0.2) is 58.9 Å². The lowest BCUT2D eigenvalue weighted by Gasteiger charge is -2.34. The predicted molar refractivity (Wildman–Crippen MR) is 119 cm³/mol. The Bertz CT molecular complexity index is 1320. The highest BCUT2D eigenvalue weighted by Gasteiger charge is 2.30. The van der Waals surface area contributed by atoms with Crippen LogP contribution in [0.25, 0.3) is 16.6 Å². The molecule has 5 rings (SSSR count). The number of aromatic nitrogens is 4. The quantitative estimate of drug-likeness (QED) is 0.491. The van der Waals surface area contributed by atoms with Gasteiger partial charge in [-0.05, 0) is 36.6 Å². The number of piperazine rings is 1. The maximum absolute atomic E-state index is 13.3. The van der Waals surface area contributed by atoms with Crippen LogP contribution in [0.4, 0.5) is 5.82 Å². The summed E-state index contributed by atoms with van der Waals surface area (Å²) in [6.07, 6.45) is 1.84. The lowest BCUT2D eigenvalue weighted by Crippen LogP contribution is -2.49. The van der Waals surface area contributed by atoms with Gasteiger partial charge < -0.3 is 4.90 Å². The number of rotatable bonds is 4. The maximum Gasteiger partial charge on any atom is 0.243 e. The van der Waals surface area contributed by atoms with E-state index in [0.717, 1.165) is 22.3 Å². The van der Waals surface area contributed by atoms with E-state index < -0.39 is 10.0 Å². The highest BCUT2D eigenvalue weighted by atomic mass is 32.2. The van der Waals surface area contributed by atoms with Crippen molar-refractivity contribution >= 4 is 26.6 Å². The molecule has 0 radical (unpaired) electrons. The van der Waals surface area contributed by atoms with E-state index in [1.54, 1.807) is 21.1 Å². The fourth-order valence-electron chi connectivity index (χ4n) is 3.87. The van der Waals surface area contributed by atoms with Crippen molar-refractivity contribution in [1.29, 1.82) is 0 Å². The zero-order chi connectivity index (χ0) is 21.4. The van der Waals surface area contributed by atoms with E-state index in [-0.39, 0.29) is 0 Å². The summed E-state index contributed by atoms with van der Waals surface area (Å²) in [5.41, 5.74) is 0.911. The largest absolute Gasteiger partial charge is 0.352 e. The Morgan fingerprint density at radius 3 is 2.23 bits per heavy atom. The third-order valence-corrected chi connectivity index (χ3v) is 7.48. The van der Waals surface area contributed by atoms with Gasteiger partial charge in [-0.3, -0.25) is 0 Å². The molecule has 1 aliphatic heterocycles. The molecule has 2 aromatic heterocycles. The van der Waals surface area contributed by atoms with Crippen molar-refractivity contribution in [3.05, 3.63) is 72.6 Å². The fraction of sp³-hybridized carbons (Fsp3) is 0.227. The summed E-state index contributed by atoms with van der Waals surface area (Å²) in [6, 6.07) is 18.7. The molecule has 4 aromatic rings. The Labute approximate surface area is 180 Å². The first kappa shape index (κ1) is 19.7. The molecule has 158 valence electrons. The van der Waals surface area contributed by atoms with E-state index in [2.05, 4.69) is 20.2 Å². The summed E-state index contributed by atoms with van der Waals surface area (Å²) in [5.74, 6) is 1.38. The lowest BCUT2D eigenvalue weighted by atomic mass is 10.1. The second kappa shape index (κ2) is 7.75. The van der Waals surface area contributed by atoms with Gasteiger partial charge in [-0.25, -0.2) is 13.1 Å². The number of aryl methyl sites for hydroxylation is 1. The van der Waals surface area contributed by atoms with Gasteiger partial charge in [0.25, 0.3) is 0 Å². The maximum atomic E-state index is 13.3. The minimum atomic E-state index is -3.58. The number of hydrogen-bond acceptors (Lipinski definition) is 6.